The molecule has 13 heavy (non-hydrogen) atoms. The molecule has 0 aromatic heterocycles. The quantitative estimate of drug-likeness (QED) is 0.405. The van der Waals surface area contributed by atoms with Crippen molar-refractivity contribution >= 4 is 11.8 Å². The van der Waals surface area contributed by atoms with Gasteiger partial charge in [0.2, 0.25) is 0 Å². The highest BCUT2D eigenvalue weighted by molar-refractivity contribution is 5.99. The second-order valence-corrected chi connectivity index (χ2v) is 4.39. The maximum absolute atomic E-state index is 11.8. The number of ketones is 1. The lowest BCUT2D eigenvalue weighted by Gasteiger charge is -2.39. The van der Waals surface area contributed by atoms with Crippen LogP contribution in [-0.4, -0.2) is 17.9 Å². The summed E-state index contributed by atoms with van der Waals surface area (Å²) >= 11 is 0. The van der Waals surface area contributed by atoms with Crippen LogP contribution in [0.4, 0.5) is 0 Å². The molecular formula is C10H10O3. The van der Waals surface area contributed by atoms with Gasteiger partial charge in [0.15, 0.2) is 11.9 Å². The molecule has 1 saturated carbocycles. The lowest BCUT2D eigenvalue weighted by molar-refractivity contribution is -0.149. The number of hydrogen-bond donors (Lipinski definition) is 0. The Morgan fingerprint density at radius 1 is 1.54 bits per heavy atom. The fourth-order valence-corrected chi connectivity index (χ4v) is 2.70. The Hall–Kier alpha value is -1.12. The van der Waals surface area contributed by atoms with Gasteiger partial charge in [-0.3, -0.25) is 9.59 Å². The van der Waals surface area contributed by atoms with Gasteiger partial charge in [0, 0.05) is 11.3 Å². The van der Waals surface area contributed by atoms with Crippen LogP contribution in [0.25, 0.3) is 0 Å². The molecule has 4 rings (SSSR count). The van der Waals surface area contributed by atoms with Gasteiger partial charge in [0.05, 0.1) is 5.92 Å². The Morgan fingerprint density at radius 2 is 2.31 bits per heavy atom. The first kappa shape index (κ1) is 7.30. The number of carbonyl (C=O) groups excluding carboxylic acids is 2. The van der Waals surface area contributed by atoms with Crippen molar-refractivity contribution in [1.29, 1.82) is 0 Å². The molecule has 4 atom stereocenters. The van der Waals surface area contributed by atoms with Crippen molar-refractivity contribution in [3.63, 3.8) is 0 Å². The minimum atomic E-state index is -0.471. The molecule has 3 heteroatoms. The zero-order chi connectivity index (χ0) is 9.22. The maximum atomic E-state index is 11.8. The molecule has 4 unspecified atom stereocenters. The molecule has 0 spiro atoms. The van der Waals surface area contributed by atoms with Crippen LogP contribution < -0.4 is 0 Å². The summed E-state index contributed by atoms with van der Waals surface area (Å²) in [6.07, 6.45) is 4.09. The Morgan fingerprint density at radius 3 is 3.08 bits per heavy atom. The highest BCUT2D eigenvalue weighted by Gasteiger charge is 2.60. The van der Waals surface area contributed by atoms with Crippen LogP contribution in [0.3, 0.4) is 0 Å². The second-order valence-electron chi connectivity index (χ2n) is 4.39. The van der Waals surface area contributed by atoms with Gasteiger partial charge in [-0.05, 0) is 13.3 Å². The molecule has 0 amide bonds. The van der Waals surface area contributed by atoms with Crippen molar-refractivity contribution in [2.75, 3.05) is 0 Å². The van der Waals surface area contributed by atoms with Crippen molar-refractivity contribution < 1.29 is 14.3 Å². The third kappa shape index (κ3) is 0.666. The van der Waals surface area contributed by atoms with E-state index in [-0.39, 0.29) is 23.6 Å². The van der Waals surface area contributed by atoms with E-state index < -0.39 is 11.5 Å². The first-order valence-electron chi connectivity index (χ1n) is 4.56. The van der Waals surface area contributed by atoms with Crippen molar-refractivity contribution in [2.45, 2.75) is 19.4 Å². The third-order valence-corrected chi connectivity index (χ3v) is 3.51. The van der Waals surface area contributed by atoms with Crippen molar-refractivity contribution in [1.82, 2.24) is 0 Å². The Bertz CT molecular complexity index is 344. The van der Waals surface area contributed by atoms with Gasteiger partial charge in [0.1, 0.15) is 0 Å². The number of allylic oxidation sites excluding steroid dienone is 1. The number of rotatable bonds is 0. The van der Waals surface area contributed by atoms with Crippen molar-refractivity contribution in [3.05, 3.63) is 12.2 Å². The van der Waals surface area contributed by atoms with Gasteiger partial charge in [-0.2, -0.15) is 0 Å². The van der Waals surface area contributed by atoms with Crippen LogP contribution in [0.1, 0.15) is 13.3 Å². The number of esters is 1. The highest BCUT2D eigenvalue weighted by atomic mass is 16.6. The fourth-order valence-electron chi connectivity index (χ4n) is 2.70. The van der Waals surface area contributed by atoms with Crippen LogP contribution in [0.5, 0.6) is 0 Å². The molecule has 2 fully saturated rings. The van der Waals surface area contributed by atoms with Crippen LogP contribution in [0, 0.1) is 17.3 Å². The van der Waals surface area contributed by atoms with E-state index in [0.717, 1.165) is 0 Å². The maximum Gasteiger partial charge on any atom is 0.310 e. The first-order chi connectivity index (χ1) is 6.12. The molecule has 0 aromatic carbocycles. The predicted octanol–water partition coefficient (Wildman–Crippen LogP) is 0.693. The van der Waals surface area contributed by atoms with E-state index in [0.29, 0.717) is 6.42 Å². The third-order valence-electron chi connectivity index (χ3n) is 3.51. The van der Waals surface area contributed by atoms with Crippen LogP contribution in [0.15, 0.2) is 12.2 Å². The van der Waals surface area contributed by atoms with Crippen LogP contribution in [-0.2, 0) is 14.3 Å². The number of carbonyl (C=O) groups is 2. The van der Waals surface area contributed by atoms with Gasteiger partial charge < -0.3 is 4.74 Å². The number of hydrogen-bond acceptors (Lipinski definition) is 3. The summed E-state index contributed by atoms with van der Waals surface area (Å²) in [6, 6.07) is 0. The van der Waals surface area contributed by atoms with E-state index in [2.05, 4.69) is 0 Å². The SMILES string of the molecule is CC12C=CC3C(C1)C(=O)OC3C2=O. The molecule has 68 valence electrons. The van der Waals surface area contributed by atoms with Gasteiger partial charge >= 0.3 is 5.97 Å². The summed E-state index contributed by atoms with van der Waals surface area (Å²) in [5.74, 6) is -0.127. The molecule has 3 nitrogen and oxygen atoms in total. The van der Waals surface area contributed by atoms with E-state index in [1.54, 1.807) is 0 Å². The number of ether oxygens (including phenoxy) is 1. The summed E-state index contributed by atoms with van der Waals surface area (Å²) < 4.78 is 5.06. The second kappa shape index (κ2) is 1.86. The average Bonchev–Trinajstić information content (AvgIpc) is 2.37. The molecule has 4 aliphatic rings. The molecule has 0 radical (unpaired) electrons. The zero-order valence-corrected chi connectivity index (χ0v) is 7.32. The standard InChI is InChI=1S/C10H10O3/c1-10-3-2-5-6(4-10)9(12)13-7(5)8(10)11/h2-3,5-7H,4H2,1H3. The normalized spacial score (nSPS) is 51.3. The lowest BCUT2D eigenvalue weighted by atomic mass is 9.61. The molecule has 4 bridgehead atoms. The van der Waals surface area contributed by atoms with Gasteiger partial charge in [-0.15, -0.1) is 0 Å². The molecular weight excluding hydrogens is 168 g/mol. The number of Topliss-reactive ketones (excluding diaryl/α,β-unsaturated/α-hetero) is 1. The summed E-state index contributed by atoms with van der Waals surface area (Å²) in [7, 11) is 0. The largest absolute Gasteiger partial charge is 0.453 e. The Kier molecular flexibility index (Phi) is 1.05. The molecule has 1 saturated heterocycles. The van der Waals surface area contributed by atoms with E-state index in [1.165, 1.54) is 0 Å². The van der Waals surface area contributed by atoms with Crippen LogP contribution in [0.2, 0.25) is 0 Å². The predicted molar refractivity (Wildman–Crippen MR) is 43.7 cm³/mol. The zero-order valence-electron chi connectivity index (χ0n) is 7.32. The lowest BCUT2D eigenvalue weighted by Crippen LogP contribution is -2.48. The highest BCUT2D eigenvalue weighted by Crippen LogP contribution is 2.51. The Balaban J connectivity index is 2.18. The van der Waals surface area contributed by atoms with E-state index in [9.17, 15) is 9.59 Å². The molecule has 0 N–H and O–H groups in total. The first-order valence-corrected chi connectivity index (χ1v) is 4.56. The topological polar surface area (TPSA) is 43.4 Å². The van der Waals surface area contributed by atoms with Crippen molar-refractivity contribution in [3.8, 4) is 0 Å². The minimum Gasteiger partial charge on any atom is -0.453 e. The van der Waals surface area contributed by atoms with Gasteiger partial charge in [-0.1, -0.05) is 12.2 Å². The fraction of sp³-hybridized carbons (Fsp3) is 0.600. The molecule has 0 aromatic rings. The van der Waals surface area contributed by atoms with Gasteiger partial charge in [-0.25, -0.2) is 0 Å². The summed E-state index contributed by atoms with van der Waals surface area (Å²) in [6.45, 7) is 1.89. The van der Waals surface area contributed by atoms with E-state index in [1.807, 2.05) is 19.1 Å². The molecule has 3 aliphatic carbocycles. The monoisotopic (exact) mass is 178 g/mol. The smallest absolute Gasteiger partial charge is 0.310 e. The molecule has 1 heterocycles. The average molecular weight is 178 g/mol. The van der Waals surface area contributed by atoms with Crippen molar-refractivity contribution in [2.24, 2.45) is 17.3 Å². The van der Waals surface area contributed by atoms with E-state index >= 15 is 0 Å². The van der Waals surface area contributed by atoms with Crippen LogP contribution >= 0.6 is 0 Å². The van der Waals surface area contributed by atoms with Gasteiger partial charge in [0.25, 0.3) is 0 Å². The molecule has 1 aliphatic heterocycles. The summed E-state index contributed by atoms with van der Waals surface area (Å²) in [5.41, 5.74) is -0.434. The van der Waals surface area contributed by atoms with E-state index in [4.69, 9.17) is 4.74 Å². The summed E-state index contributed by atoms with van der Waals surface area (Å²) in [4.78, 5) is 23.1. The minimum absolute atomic E-state index is 0.0295. The summed E-state index contributed by atoms with van der Waals surface area (Å²) in [5, 5.41) is 0. The Labute approximate surface area is 75.8 Å².